The summed E-state index contributed by atoms with van der Waals surface area (Å²) in [5, 5.41) is 0. The number of carbonyl (C=O) groups excluding carboxylic acids is 1. The fourth-order valence-corrected chi connectivity index (χ4v) is 2.57. The quantitative estimate of drug-likeness (QED) is 0.783. The molecule has 0 spiro atoms. The van der Waals surface area contributed by atoms with E-state index in [1.165, 1.54) is 0 Å². The smallest absolute Gasteiger partial charge is 0.272 e. The molecule has 2 heterocycles. The Balaban J connectivity index is 2.15. The van der Waals surface area contributed by atoms with E-state index in [1.54, 1.807) is 6.33 Å². The summed E-state index contributed by atoms with van der Waals surface area (Å²) in [6.07, 6.45) is 2.78. The molecule has 18 heavy (non-hydrogen) atoms. The van der Waals surface area contributed by atoms with Gasteiger partial charge in [0.05, 0.1) is 12.0 Å². The fraction of sp³-hybridized carbons (Fsp3) is 0.692. The summed E-state index contributed by atoms with van der Waals surface area (Å²) in [6.45, 7) is 6.62. The van der Waals surface area contributed by atoms with Crippen molar-refractivity contribution >= 4 is 5.91 Å². The molecule has 1 saturated heterocycles. The molecular formula is C13H22N4O. The molecule has 0 saturated carbocycles. The van der Waals surface area contributed by atoms with Crippen molar-refractivity contribution in [2.45, 2.75) is 26.3 Å². The minimum Gasteiger partial charge on any atom is -0.334 e. The third-order valence-corrected chi connectivity index (χ3v) is 3.86. The lowest BCUT2D eigenvalue weighted by atomic mass is 10.1. The van der Waals surface area contributed by atoms with E-state index >= 15 is 0 Å². The fourth-order valence-electron chi connectivity index (χ4n) is 2.57. The van der Waals surface area contributed by atoms with Crippen LogP contribution in [0.4, 0.5) is 0 Å². The van der Waals surface area contributed by atoms with E-state index < -0.39 is 0 Å². The summed E-state index contributed by atoms with van der Waals surface area (Å²) < 4.78 is 1.82. The predicted molar refractivity (Wildman–Crippen MR) is 70.6 cm³/mol. The Kier molecular flexibility index (Phi) is 3.71. The van der Waals surface area contributed by atoms with Crippen LogP contribution in [0.15, 0.2) is 6.33 Å². The lowest BCUT2D eigenvalue weighted by Crippen LogP contribution is -2.53. The molecule has 0 aliphatic carbocycles. The number of carbonyl (C=O) groups is 1. The maximum absolute atomic E-state index is 12.5. The Morgan fingerprint density at radius 2 is 2.17 bits per heavy atom. The highest BCUT2D eigenvalue weighted by atomic mass is 16.2. The Labute approximate surface area is 108 Å². The van der Waals surface area contributed by atoms with Crippen LogP contribution in [0.3, 0.4) is 0 Å². The predicted octanol–water partition coefficient (Wildman–Crippen LogP) is 0.895. The summed E-state index contributed by atoms with van der Waals surface area (Å²) in [5.74, 6) is 0.110. The van der Waals surface area contributed by atoms with E-state index in [0.29, 0.717) is 6.04 Å². The first-order valence-corrected chi connectivity index (χ1v) is 6.52. The summed E-state index contributed by atoms with van der Waals surface area (Å²) >= 11 is 0. The van der Waals surface area contributed by atoms with Crippen LogP contribution in [0.1, 0.15) is 29.5 Å². The van der Waals surface area contributed by atoms with Gasteiger partial charge in [-0.1, -0.05) is 6.92 Å². The van der Waals surface area contributed by atoms with E-state index in [-0.39, 0.29) is 5.91 Å². The Bertz CT molecular complexity index is 421. The van der Waals surface area contributed by atoms with Crippen molar-refractivity contribution < 1.29 is 4.79 Å². The SMILES string of the molecule is CCC1CN(C(=O)c2c(C)ncn2C)CCN1C. The van der Waals surface area contributed by atoms with E-state index in [4.69, 9.17) is 0 Å². The van der Waals surface area contributed by atoms with Crippen LogP contribution in [-0.4, -0.2) is 58.0 Å². The van der Waals surface area contributed by atoms with Gasteiger partial charge in [0.25, 0.3) is 5.91 Å². The van der Waals surface area contributed by atoms with Gasteiger partial charge in [-0.25, -0.2) is 4.98 Å². The van der Waals surface area contributed by atoms with Crippen LogP contribution in [0.5, 0.6) is 0 Å². The highest BCUT2D eigenvalue weighted by molar-refractivity contribution is 5.93. The second-order valence-corrected chi connectivity index (χ2v) is 5.08. The zero-order valence-electron chi connectivity index (χ0n) is 11.7. The monoisotopic (exact) mass is 250 g/mol. The number of piperazine rings is 1. The first-order valence-electron chi connectivity index (χ1n) is 6.52. The van der Waals surface area contributed by atoms with Crippen LogP contribution >= 0.6 is 0 Å². The van der Waals surface area contributed by atoms with Crippen molar-refractivity contribution in [3.05, 3.63) is 17.7 Å². The van der Waals surface area contributed by atoms with Gasteiger partial charge in [-0.05, 0) is 20.4 Å². The number of amides is 1. The zero-order valence-corrected chi connectivity index (χ0v) is 11.7. The molecule has 1 aromatic rings. The average Bonchev–Trinajstić information content (AvgIpc) is 2.69. The summed E-state index contributed by atoms with van der Waals surface area (Å²) in [6, 6.07) is 0.469. The molecule has 0 radical (unpaired) electrons. The Morgan fingerprint density at radius 1 is 1.44 bits per heavy atom. The molecule has 100 valence electrons. The maximum atomic E-state index is 12.5. The average molecular weight is 250 g/mol. The zero-order chi connectivity index (χ0) is 13.3. The molecule has 1 aliphatic heterocycles. The number of imidazole rings is 1. The first kappa shape index (κ1) is 13.1. The van der Waals surface area contributed by atoms with Gasteiger partial charge in [0.1, 0.15) is 5.69 Å². The normalized spacial score (nSPS) is 21.3. The van der Waals surface area contributed by atoms with Gasteiger partial charge in [-0.2, -0.15) is 0 Å². The van der Waals surface area contributed by atoms with Crippen molar-refractivity contribution in [1.82, 2.24) is 19.4 Å². The number of hydrogen-bond donors (Lipinski definition) is 0. The number of aryl methyl sites for hydroxylation is 2. The molecule has 2 rings (SSSR count). The number of aromatic nitrogens is 2. The van der Waals surface area contributed by atoms with E-state index in [2.05, 4.69) is 23.9 Å². The van der Waals surface area contributed by atoms with Crippen molar-refractivity contribution in [3.8, 4) is 0 Å². The highest BCUT2D eigenvalue weighted by Crippen LogP contribution is 2.15. The van der Waals surface area contributed by atoms with Gasteiger partial charge >= 0.3 is 0 Å². The van der Waals surface area contributed by atoms with Crippen molar-refractivity contribution in [1.29, 1.82) is 0 Å². The summed E-state index contributed by atoms with van der Waals surface area (Å²) in [4.78, 5) is 21.0. The molecule has 5 nitrogen and oxygen atoms in total. The third-order valence-electron chi connectivity index (χ3n) is 3.86. The van der Waals surface area contributed by atoms with Gasteiger partial charge in [-0.3, -0.25) is 9.69 Å². The first-order chi connectivity index (χ1) is 8.54. The van der Waals surface area contributed by atoms with Crippen LogP contribution < -0.4 is 0 Å². The molecule has 1 atom stereocenters. The molecule has 0 aromatic carbocycles. The molecule has 0 N–H and O–H groups in total. The molecule has 5 heteroatoms. The van der Waals surface area contributed by atoms with Crippen molar-refractivity contribution in [2.24, 2.45) is 7.05 Å². The Morgan fingerprint density at radius 3 is 2.72 bits per heavy atom. The maximum Gasteiger partial charge on any atom is 0.272 e. The third kappa shape index (κ3) is 2.27. The van der Waals surface area contributed by atoms with Gasteiger partial charge in [0.2, 0.25) is 0 Å². The van der Waals surface area contributed by atoms with Crippen LogP contribution in [0.2, 0.25) is 0 Å². The topological polar surface area (TPSA) is 41.4 Å². The molecule has 0 bridgehead atoms. The van der Waals surface area contributed by atoms with Gasteiger partial charge in [-0.15, -0.1) is 0 Å². The van der Waals surface area contributed by atoms with Gasteiger partial charge in [0, 0.05) is 32.7 Å². The number of hydrogen-bond acceptors (Lipinski definition) is 3. The molecule has 1 fully saturated rings. The van der Waals surface area contributed by atoms with Crippen LogP contribution in [0, 0.1) is 6.92 Å². The standard InChI is InChI=1S/C13H22N4O/c1-5-11-8-17(7-6-15(11)3)13(18)12-10(2)14-9-16(12)4/h9,11H,5-8H2,1-4H3. The van der Waals surface area contributed by atoms with E-state index in [1.807, 2.05) is 23.4 Å². The molecular weight excluding hydrogens is 228 g/mol. The van der Waals surface area contributed by atoms with Gasteiger partial charge in [0.15, 0.2) is 0 Å². The summed E-state index contributed by atoms with van der Waals surface area (Å²) in [7, 11) is 4.01. The lowest BCUT2D eigenvalue weighted by molar-refractivity contribution is 0.0532. The minimum absolute atomic E-state index is 0.110. The highest BCUT2D eigenvalue weighted by Gasteiger charge is 2.28. The van der Waals surface area contributed by atoms with Crippen molar-refractivity contribution in [2.75, 3.05) is 26.7 Å². The van der Waals surface area contributed by atoms with Crippen molar-refractivity contribution in [3.63, 3.8) is 0 Å². The molecule has 1 aliphatic rings. The largest absolute Gasteiger partial charge is 0.334 e. The number of likely N-dealkylation sites (N-methyl/N-ethyl adjacent to an activating group) is 1. The molecule has 1 unspecified atom stereocenters. The van der Waals surface area contributed by atoms with E-state index in [0.717, 1.165) is 37.4 Å². The van der Waals surface area contributed by atoms with Crippen LogP contribution in [0.25, 0.3) is 0 Å². The molecule has 1 aromatic heterocycles. The second kappa shape index (κ2) is 5.10. The molecule has 1 amide bonds. The minimum atomic E-state index is 0.110. The summed E-state index contributed by atoms with van der Waals surface area (Å²) in [5.41, 5.74) is 1.53. The van der Waals surface area contributed by atoms with Gasteiger partial charge < -0.3 is 9.47 Å². The van der Waals surface area contributed by atoms with Crippen LogP contribution in [-0.2, 0) is 7.05 Å². The second-order valence-electron chi connectivity index (χ2n) is 5.08. The lowest BCUT2D eigenvalue weighted by Gasteiger charge is -2.39. The Hall–Kier alpha value is -1.36. The number of nitrogens with zero attached hydrogens (tertiary/aromatic N) is 4. The number of rotatable bonds is 2. The van der Waals surface area contributed by atoms with E-state index in [9.17, 15) is 4.79 Å².